The number of amides is 7. The molecule has 7 aromatic carbocycles. The Kier molecular flexibility index (Phi) is 45.1. The number of ketones is 1. The lowest BCUT2D eigenvalue weighted by Crippen LogP contribution is -2.49. The van der Waals surface area contributed by atoms with E-state index in [4.69, 9.17) is 28.2 Å². The fourth-order valence-corrected chi connectivity index (χ4v) is 15.7. The molecule has 0 bridgehead atoms. The maximum absolute atomic E-state index is 13.3. The number of hydrogen-bond acceptors (Lipinski definition) is 28. The number of thiazole rings is 3. The Labute approximate surface area is 802 Å². The van der Waals surface area contributed by atoms with Gasteiger partial charge in [-0.05, 0) is 138 Å². The number of nitro groups is 3. The fourth-order valence-electron chi connectivity index (χ4n) is 12.5. The number of aryl methyl sites for hydroxylation is 3. The first-order chi connectivity index (χ1) is 64.0. The van der Waals surface area contributed by atoms with Crippen LogP contribution in [0, 0.1) is 30.3 Å². The summed E-state index contributed by atoms with van der Waals surface area (Å²) >= 11 is 7.58. The molecule has 9 N–H and O–H groups in total. The molecule has 0 fully saturated rings. The second-order valence-corrected chi connectivity index (χ2v) is 36.3. The molecule has 0 spiro atoms. The number of carbonyl (C=O) groups excluding carboxylic acids is 9. The summed E-state index contributed by atoms with van der Waals surface area (Å²) in [5.41, 5.74) is 7.00. The van der Waals surface area contributed by atoms with Crippen LogP contribution in [0.4, 0.5) is 41.9 Å². The number of rotatable bonds is 37. The third-order valence-corrected chi connectivity index (χ3v) is 23.0. The molecule has 135 heavy (non-hydrogen) atoms. The number of hydrogen-bond donors (Lipinski definition) is 9. The van der Waals surface area contributed by atoms with Crippen LogP contribution < -0.4 is 41.9 Å². The van der Waals surface area contributed by atoms with Gasteiger partial charge in [0.1, 0.15) is 29.3 Å². The van der Waals surface area contributed by atoms with Gasteiger partial charge < -0.3 is 60.9 Å². The SMILES string of the molecule is CC(=O)OC(C)(C)C.CC(C)(C)OC(=O)N[C@@H](Cc1ccc([N+](=O)[O-])cc1)C(=O)CBr.CCc1nc([C@H](Cc2ccc(NS(=O)(=O)O)cc2)NC(=O)[C@H](Cc2ccccc2)NC(=O)OC)cs1.CCc1nc([C@H](Cc2ccc([N+](=O)[O-])cc2)NC(=O)[C@H](Cc2ccccc2)NC(=O)OC)cs1.CCc1nc([C@H](Cc2ccc([N+](=O)[O-])cc2)NC(=O)[C@H](Cc2ccccc2)NC(=O)OC)cs1. The Bertz CT molecular complexity index is 5460. The first kappa shape index (κ1) is 110. The van der Waals surface area contributed by atoms with Crippen LogP contribution in [0.1, 0.15) is 158 Å². The smallest absolute Gasteiger partial charge is 0.408 e. The fraction of sp³-hybridized carbons (Fsp3) is 0.355. The predicted octanol–water partition coefficient (Wildman–Crippen LogP) is 15.6. The molecule has 0 unspecified atom stereocenters. The molecule has 37 nitrogen and oxygen atoms in total. The molecule has 3 heterocycles. The monoisotopic (exact) mass is 2000 g/mol. The Morgan fingerprint density at radius 1 is 0.393 bits per heavy atom. The number of nitro benzene ring substituents is 3. The van der Waals surface area contributed by atoms with Crippen LogP contribution in [0.2, 0.25) is 0 Å². The lowest BCUT2D eigenvalue weighted by Gasteiger charge is -2.23. The predicted molar refractivity (Wildman–Crippen MR) is 515 cm³/mol. The molecule has 722 valence electrons. The number of anilines is 1. The van der Waals surface area contributed by atoms with Gasteiger partial charge in [-0.1, -0.05) is 176 Å². The quantitative estimate of drug-likeness (QED) is 0.00436. The molecule has 7 amide bonds. The number of non-ortho nitro benzene ring substituents is 3. The molecule has 3 aromatic heterocycles. The molecule has 10 aromatic rings. The van der Waals surface area contributed by atoms with Crippen molar-refractivity contribution in [3.63, 3.8) is 0 Å². The van der Waals surface area contributed by atoms with Crippen molar-refractivity contribution < 1.29 is 94.6 Å². The van der Waals surface area contributed by atoms with E-state index in [1.165, 1.54) is 111 Å². The van der Waals surface area contributed by atoms with Gasteiger partial charge in [-0.15, -0.1) is 34.0 Å². The topological polar surface area (TPSA) is 518 Å². The molecular weight excluding hydrogens is 1890 g/mol. The van der Waals surface area contributed by atoms with Crippen molar-refractivity contribution in [3.8, 4) is 0 Å². The summed E-state index contributed by atoms with van der Waals surface area (Å²) < 4.78 is 57.1. The van der Waals surface area contributed by atoms with Gasteiger partial charge in [-0.2, -0.15) is 8.42 Å². The minimum atomic E-state index is -4.38. The van der Waals surface area contributed by atoms with E-state index in [0.29, 0.717) is 41.9 Å². The zero-order chi connectivity index (χ0) is 99.5. The van der Waals surface area contributed by atoms with Crippen molar-refractivity contribution in [1.29, 1.82) is 0 Å². The van der Waals surface area contributed by atoms with Crippen molar-refractivity contribution >= 4 is 137 Å². The molecule has 0 aliphatic carbocycles. The minimum Gasteiger partial charge on any atom is -0.460 e. The summed E-state index contributed by atoms with van der Waals surface area (Å²) in [6.45, 7) is 18.1. The first-order valence-electron chi connectivity index (χ1n) is 42.2. The highest BCUT2D eigenvalue weighted by atomic mass is 79.9. The lowest BCUT2D eigenvalue weighted by atomic mass is 10.0. The zero-order valence-corrected chi connectivity index (χ0v) is 81.4. The summed E-state index contributed by atoms with van der Waals surface area (Å²) in [7, 11) is -0.663. The number of esters is 1. The zero-order valence-electron chi connectivity index (χ0n) is 76.6. The molecule has 0 aliphatic rings. The van der Waals surface area contributed by atoms with E-state index in [0.717, 1.165) is 67.7 Å². The number of nitrogens with zero attached hydrogens (tertiary/aromatic N) is 6. The standard InChI is InChI=1S/C24H28N4O6S2.2C24H26N4O5S.C15H19BrN2O5.C6H12O2/c1-3-22-25-21(15-35-22)19(13-17-9-11-18(12-10-17)28-36(31,32)33)26-23(29)20(27-24(30)34-2)14-16-7-5-4-6-8-16;2*1-3-22-25-21(15-34-22)19(13-17-9-11-18(12-10-17)28(31)32)26-23(29)20(27-24(30)33-2)14-16-7-5-4-6-8-16;1-15(2,3)23-14(20)17-12(13(19)9-16)8-10-4-6-11(7-5-10)18(21)22;1-5(7)8-6(2,3)4/h4-12,15,19-20,28H,3,13-14H2,1-2H3,(H,26,29)(H,27,30)(H,31,32,33);2*4-12,15,19-20H,3,13-14H2,1-2H3,(H,26,29)(H,27,30);4-7,12H,8-9H2,1-3H3,(H,17,20);1-4H3/t3*19-,20-;12-;/m0000./s1. The van der Waals surface area contributed by atoms with Gasteiger partial charge in [0.2, 0.25) is 17.7 Å². The van der Waals surface area contributed by atoms with E-state index in [9.17, 15) is 81.9 Å². The molecule has 0 aliphatic heterocycles. The van der Waals surface area contributed by atoms with Crippen LogP contribution in [0.5, 0.6) is 0 Å². The van der Waals surface area contributed by atoms with Crippen LogP contribution >= 0.6 is 49.9 Å². The average Bonchev–Trinajstić information content (AvgIpc) is 1.65. The van der Waals surface area contributed by atoms with Gasteiger partial charge in [0.15, 0.2) is 5.78 Å². The summed E-state index contributed by atoms with van der Waals surface area (Å²) in [4.78, 5) is 155. The van der Waals surface area contributed by atoms with Gasteiger partial charge >= 0.3 is 40.6 Å². The molecule has 10 rings (SSSR count). The van der Waals surface area contributed by atoms with Crippen LogP contribution in [0.25, 0.3) is 0 Å². The third kappa shape index (κ3) is 41.2. The van der Waals surface area contributed by atoms with Gasteiger partial charge in [0, 0.05) is 78.7 Å². The summed E-state index contributed by atoms with van der Waals surface area (Å²) in [6.07, 6.45) is 1.66. The number of halogens is 1. The number of ether oxygens (including phenoxy) is 5. The minimum absolute atomic E-state index is 0.00327. The Hall–Kier alpha value is -13.6. The van der Waals surface area contributed by atoms with Crippen molar-refractivity contribution in [2.75, 3.05) is 31.4 Å². The summed E-state index contributed by atoms with van der Waals surface area (Å²) in [6, 6.07) is 47.8. The Morgan fingerprint density at radius 2 is 0.652 bits per heavy atom. The van der Waals surface area contributed by atoms with Crippen molar-refractivity contribution in [3.05, 3.63) is 306 Å². The molecule has 0 saturated carbocycles. The highest BCUT2D eigenvalue weighted by molar-refractivity contribution is 9.09. The number of nitrogens with one attached hydrogen (secondary N) is 8. The largest absolute Gasteiger partial charge is 0.460 e. The molecule has 42 heteroatoms. The van der Waals surface area contributed by atoms with E-state index < -0.39 is 103 Å². The van der Waals surface area contributed by atoms with Gasteiger partial charge in [-0.25, -0.2) is 34.1 Å². The van der Waals surface area contributed by atoms with E-state index >= 15 is 0 Å². The molecular formula is C93H111BrN14O23S4. The Balaban J connectivity index is 0.000000271. The number of methoxy groups -OCH3 is 3. The number of aromatic nitrogens is 3. The van der Waals surface area contributed by atoms with E-state index in [2.05, 4.69) is 68.1 Å². The number of alkyl halides is 1. The van der Waals surface area contributed by atoms with Crippen LogP contribution in [0.3, 0.4) is 0 Å². The molecule has 7 atom stereocenters. The van der Waals surface area contributed by atoms with Crippen molar-refractivity contribution in [2.45, 2.75) is 187 Å². The highest BCUT2D eigenvalue weighted by Gasteiger charge is 2.32. The number of carbonyl (C=O) groups is 9. The maximum atomic E-state index is 13.3. The molecule has 0 saturated heterocycles. The third-order valence-electron chi connectivity index (χ3n) is 18.9. The van der Waals surface area contributed by atoms with Crippen LogP contribution in [-0.2, 0) is 122 Å². The normalized spacial score (nSPS) is 12.4. The van der Waals surface area contributed by atoms with E-state index in [1.54, 1.807) is 69.3 Å². The summed E-state index contributed by atoms with van der Waals surface area (Å²) in [5, 5.41) is 60.5. The van der Waals surface area contributed by atoms with Gasteiger partial charge in [-0.3, -0.25) is 63.6 Å². The summed E-state index contributed by atoms with van der Waals surface area (Å²) in [5.74, 6) is -1.60. The second-order valence-electron chi connectivity index (χ2n) is 31.7. The number of Topliss-reactive ketones (excluding diaryl/α,β-unsaturated/α-hetero) is 1. The maximum Gasteiger partial charge on any atom is 0.408 e. The van der Waals surface area contributed by atoms with Crippen molar-refractivity contribution in [2.24, 2.45) is 0 Å². The lowest BCUT2D eigenvalue weighted by molar-refractivity contribution is -0.385. The number of alkyl carbamates (subject to hydrolysis) is 4. The van der Waals surface area contributed by atoms with Gasteiger partial charge in [0.05, 0.1) is 103 Å². The van der Waals surface area contributed by atoms with Crippen LogP contribution in [0.15, 0.2) is 204 Å². The highest BCUT2D eigenvalue weighted by Crippen LogP contribution is 2.29. The van der Waals surface area contributed by atoms with E-state index in [-0.39, 0.29) is 82.9 Å². The van der Waals surface area contributed by atoms with Crippen molar-refractivity contribution in [1.82, 2.24) is 52.2 Å². The average molecular weight is 2000 g/mol. The molecule has 0 radical (unpaired) electrons. The Morgan fingerprint density at radius 3 is 0.881 bits per heavy atom. The second kappa shape index (κ2) is 55.2. The number of benzene rings is 7. The van der Waals surface area contributed by atoms with Crippen LogP contribution in [-0.4, -0.2) is 159 Å². The first-order valence-corrected chi connectivity index (χ1v) is 47.4. The van der Waals surface area contributed by atoms with E-state index in [1.807, 2.05) is 153 Å². The van der Waals surface area contributed by atoms with Gasteiger partial charge in [0.25, 0.3) is 17.1 Å².